The van der Waals surface area contributed by atoms with E-state index in [1.807, 2.05) is 6.07 Å². The Balaban J connectivity index is 1.15. The maximum atomic E-state index is 12.4. The highest BCUT2D eigenvalue weighted by Crippen LogP contribution is 2.58. The molecule has 0 bridgehead atoms. The van der Waals surface area contributed by atoms with Crippen molar-refractivity contribution in [2.45, 2.75) is 19.3 Å². The van der Waals surface area contributed by atoms with E-state index in [2.05, 4.69) is 30.4 Å². The summed E-state index contributed by atoms with van der Waals surface area (Å²) in [4.78, 5) is 25.6. The molecule has 7 nitrogen and oxygen atoms in total. The first-order chi connectivity index (χ1) is 12.3. The van der Waals surface area contributed by atoms with Gasteiger partial charge in [0.1, 0.15) is 0 Å². The minimum absolute atomic E-state index is 0.265. The van der Waals surface area contributed by atoms with E-state index in [1.165, 1.54) is 0 Å². The van der Waals surface area contributed by atoms with Crippen LogP contribution in [0, 0.1) is 11.3 Å². The van der Waals surface area contributed by atoms with E-state index in [1.54, 1.807) is 12.4 Å². The molecule has 3 aliphatic rings. The smallest absolute Gasteiger partial charge is 0.225 e. The lowest BCUT2D eigenvalue weighted by atomic mass is 9.92. The second-order valence-corrected chi connectivity index (χ2v) is 7.54. The molecule has 136 valence electrons. The topological polar surface area (TPSA) is 73.4 Å². The van der Waals surface area contributed by atoms with Crippen LogP contribution in [0.15, 0.2) is 18.5 Å². The zero-order chi connectivity index (χ0) is 17.1. The van der Waals surface area contributed by atoms with Crippen LogP contribution in [-0.2, 0) is 4.79 Å². The quantitative estimate of drug-likeness (QED) is 0.790. The largest absolute Gasteiger partial charge is 0.355 e. The zero-order valence-corrected chi connectivity index (χ0v) is 14.8. The molecule has 0 aromatic carbocycles. The van der Waals surface area contributed by atoms with Crippen LogP contribution >= 0.6 is 0 Å². The second-order valence-electron chi connectivity index (χ2n) is 7.54. The van der Waals surface area contributed by atoms with E-state index < -0.39 is 0 Å². The normalized spacial score (nSPS) is 25.8. The maximum absolute atomic E-state index is 12.4. The Kier molecular flexibility index (Phi) is 4.85. The van der Waals surface area contributed by atoms with Gasteiger partial charge in [0.05, 0.1) is 0 Å². The van der Waals surface area contributed by atoms with Gasteiger partial charge in [-0.15, -0.1) is 0 Å². The number of hydrogen-bond acceptors (Lipinski definition) is 6. The SMILES string of the molecule is O=C(NCCN1CCN(c2ncccn2)CC1)C1CC12CCNCC2. The fourth-order valence-electron chi connectivity index (χ4n) is 4.28. The third kappa shape index (κ3) is 3.77. The summed E-state index contributed by atoms with van der Waals surface area (Å²) in [6.45, 7) is 7.69. The van der Waals surface area contributed by atoms with Gasteiger partial charge in [-0.1, -0.05) is 0 Å². The average Bonchev–Trinajstić information content (AvgIpc) is 3.36. The van der Waals surface area contributed by atoms with Gasteiger partial charge >= 0.3 is 0 Å². The van der Waals surface area contributed by atoms with Crippen LogP contribution in [0.5, 0.6) is 0 Å². The van der Waals surface area contributed by atoms with Crippen LogP contribution in [0.1, 0.15) is 19.3 Å². The third-order valence-corrected chi connectivity index (χ3v) is 6.04. The van der Waals surface area contributed by atoms with Crippen molar-refractivity contribution in [1.29, 1.82) is 0 Å². The summed E-state index contributed by atoms with van der Waals surface area (Å²) in [7, 11) is 0. The van der Waals surface area contributed by atoms with E-state index in [0.717, 1.165) is 77.6 Å². The summed E-state index contributed by atoms with van der Waals surface area (Å²) in [6, 6.07) is 1.84. The summed E-state index contributed by atoms with van der Waals surface area (Å²) in [5, 5.41) is 6.56. The zero-order valence-electron chi connectivity index (χ0n) is 14.8. The monoisotopic (exact) mass is 344 g/mol. The van der Waals surface area contributed by atoms with Crippen molar-refractivity contribution in [1.82, 2.24) is 25.5 Å². The van der Waals surface area contributed by atoms with Crippen LogP contribution in [0.3, 0.4) is 0 Å². The van der Waals surface area contributed by atoms with E-state index >= 15 is 0 Å². The second kappa shape index (κ2) is 7.25. The molecule has 7 heteroatoms. The standard InChI is InChI=1S/C18H28N6O/c25-16(15-14-18(15)2-6-19-7-3-18)20-8-9-23-10-12-24(13-11-23)17-21-4-1-5-22-17/h1,4-5,15,19H,2-3,6-14H2,(H,20,25). The number of carbonyl (C=O) groups excluding carboxylic acids is 1. The minimum atomic E-state index is 0.265. The van der Waals surface area contributed by atoms with Gasteiger partial charge in [-0.05, 0) is 43.8 Å². The first kappa shape index (κ1) is 16.7. The number of anilines is 1. The van der Waals surface area contributed by atoms with Crippen molar-refractivity contribution in [3.05, 3.63) is 18.5 Å². The molecule has 3 fully saturated rings. The molecule has 4 rings (SSSR count). The van der Waals surface area contributed by atoms with E-state index in [4.69, 9.17) is 0 Å². The molecule has 1 atom stereocenters. The summed E-state index contributed by atoms with van der Waals surface area (Å²) in [5.74, 6) is 1.36. The molecular formula is C18H28N6O. The Labute approximate surface area is 149 Å². The van der Waals surface area contributed by atoms with Crippen molar-refractivity contribution < 1.29 is 4.79 Å². The molecule has 1 aromatic heterocycles. The number of piperidine rings is 1. The predicted molar refractivity (Wildman–Crippen MR) is 96.3 cm³/mol. The highest BCUT2D eigenvalue weighted by atomic mass is 16.2. The van der Waals surface area contributed by atoms with Crippen LogP contribution in [0.25, 0.3) is 0 Å². The van der Waals surface area contributed by atoms with Gasteiger partial charge in [0, 0.05) is 57.6 Å². The Hall–Kier alpha value is -1.73. The number of hydrogen-bond donors (Lipinski definition) is 2. The minimum Gasteiger partial charge on any atom is -0.355 e. The lowest BCUT2D eigenvalue weighted by Gasteiger charge is -2.34. The molecule has 1 spiro atoms. The first-order valence-electron chi connectivity index (χ1n) is 9.50. The Bertz CT molecular complexity index is 580. The molecule has 2 aliphatic heterocycles. The molecule has 1 aromatic rings. The maximum Gasteiger partial charge on any atom is 0.225 e. The van der Waals surface area contributed by atoms with Gasteiger partial charge in [-0.3, -0.25) is 9.69 Å². The lowest BCUT2D eigenvalue weighted by molar-refractivity contribution is -0.123. The van der Waals surface area contributed by atoms with Gasteiger partial charge in [-0.25, -0.2) is 9.97 Å². The fraction of sp³-hybridized carbons (Fsp3) is 0.722. The van der Waals surface area contributed by atoms with Crippen molar-refractivity contribution in [2.24, 2.45) is 11.3 Å². The Morgan fingerprint density at radius 1 is 1.20 bits per heavy atom. The third-order valence-electron chi connectivity index (χ3n) is 6.04. The molecular weight excluding hydrogens is 316 g/mol. The van der Waals surface area contributed by atoms with E-state index in [9.17, 15) is 4.79 Å². The summed E-state index contributed by atoms with van der Waals surface area (Å²) < 4.78 is 0. The van der Waals surface area contributed by atoms with Crippen molar-refractivity contribution in [3.63, 3.8) is 0 Å². The van der Waals surface area contributed by atoms with Crippen LogP contribution in [0.4, 0.5) is 5.95 Å². The highest BCUT2D eigenvalue weighted by Gasteiger charge is 2.57. The molecule has 1 unspecified atom stereocenters. The molecule has 3 heterocycles. The fourth-order valence-corrected chi connectivity index (χ4v) is 4.28. The van der Waals surface area contributed by atoms with Gasteiger partial charge in [0.15, 0.2) is 0 Å². The summed E-state index contributed by atoms with van der Waals surface area (Å²) in [5.41, 5.74) is 0.330. The number of rotatable bonds is 5. The van der Waals surface area contributed by atoms with Gasteiger partial charge in [0.2, 0.25) is 11.9 Å². The number of nitrogens with zero attached hydrogens (tertiary/aromatic N) is 4. The van der Waals surface area contributed by atoms with E-state index in [0.29, 0.717) is 5.41 Å². The predicted octanol–water partition coefficient (Wildman–Crippen LogP) is 0.105. The molecule has 0 radical (unpaired) electrons. The number of piperazine rings is 1. The molecule has 2 saturated heterocycles. The highest BCUT2D eigenvalue weighted by molar-refractivity contribution is 5.82. The Morgan fingerprint density at radius 3 is 2.64 bits per heavy atom. The lowest BCUT2D eigenvalue weighted by Crippen LogP contribution is -2.49. The van der Waals surface area contributed by atoms with Crippen molar-refractivity contribution >= 4 is 11.9 Å². The van der Waals surface area contributed by atoms with Gasteiger partial charge in [0.25, 0.3) is 0 Å². The average molecular weight is 344 g/mol. The number of amides is 1. The number of nitrogens with one attached hydrogen (secondary N) is 2. The van der Waals surface area contributed by atoms with Crippen LogP contribution in [-0.4, -0.2) is 73.1 Å². The molecule has 25 heavy (non-hydrogen) atoms. The Morgan fingerprint density at radius 2 is 1.92 bits per heavy atom. The van der Waals surface area contributed by atoms with E-state index in [-0.39, 0.29) is 11.8 Å². The van der Waals surface area contributed by atoms with Gasteiger partial charge in [-0.2, -0.15) is 0 Å². The van der Waals surface area contributed by atoms with Crippen molar-refractivity contribution in [3.8, 4) is 0 Å². The number of aromatic nitrogens is 2. The van der Waals surface area contributed by atoms with Crippen LogP contribution in [0.2, 0.25) is 0 Å². The van der Waals surface area contributed by atoms with Gasteiger partial charge < -0.3 is 15.5 Å². The number of carbonyl (C=O) groups is 1. The van der Waals surface area contributed by atoms with Crippen LogP contribution < -0.4 is 15.5 Å². The molecule has 1 saturated carbocycles. The first-order valence-corrected chi connectivity index (χ1v) is 9.50. The summed E-state index contributed by atoms with van der Waals surface area (Å²) in [6.07, 6.45) is 6.99. The van der Waals surface area contributed by atoms with Crippen molar-refractivity contribution in [2.75, 3.05) is 57.3 Å². The summed E-state index contributed by atoms with van der Waals surface area (Å²) >= 11 is 0. The molecule has 1 aliphatic carbocycles. The molecule has 1 amide bonds. The molecule has 2 N–H and O–H groups in total.